The van der Waals surface area contributed by atoms with Gasteiger partial charge in [0, 0.05) is 6.07 Å². The zero-order valence-corrected chi connectivity index (χ0v) is 11.0. The van der Waals surface area contributed by atoms with Crippen molar-refractivity contribution in [1.82, 2.24) is 0 Å². The third-order valence-electron chi connectivity index (χ3n) is 3.87. The normalized spacial score (nSPS) is 17.7. The van der Waals surface area contributed by atoms with Crippen LogP contribution in [-0.2, 0) is 6.61 Å². The molecule has 0 atom stereocenters. The summed E-state index contributed by atoms with van der Waals surface area (Å²) in [5.41, 5.74) is 1.28. The Morgan fingerprint density at radius 3 is 2.65 bits per heavy atom. The minimum Gasteiger partial charge on any atom is -0.489 e. The highest BCUT2D eigenvalue weighted by Gasteiger charge is 2.57. The summed E-state index contributed by atoms with van der Waals surface area (Å²) in [5.74, 6) is 1.53. The van der Waals surface area contributed by atoms with Crippen molar-refractivity contribution in [2.75, 3.05) is 0 Å². The molecule has 1 saturated carbocycles. The number of hydrogen-bond acceptors (Lipinski definition) is 3. The van der Waals surface area contributed by atoms with Gasteiger partial charge in [-0.25, -0.2) is 0 Å². The number of carbonyl (C=O) groups excluding carboxylic acids is 1. The maximum Gasteiger partial charge on any atom is 0.210 e. The summed E-state index contributed by atoms with van der Waals surface area (Å²) in [4.78, 5) is 12.1. The second-order valence-corrected chi connectivity index (χ2v) is 5.36. The quantitative estimate of drug-likeness (QED) is 0.854. The van der Waals surface area contributed by atoms with E-state index < -0.39 is 5.60 Å². The average Bonchev–Trinajstić information content (AvgIpc) is 3.21. The minimum atomic E-state index is -0.527. The maximum absolute atomic E-state index is 12.1. The van der Waals surface area contributed by atoms with Crippen LogP contribution in [0.4, 0.5) is 0 Å². The molecule has 3 nitrogen and oxygen atoms in total. The van der Waals surface area contributed by atoms with E-state index in [1.807, 2.05) is 48.5 Å². The van der Waals surface area contributed by atoms with E-state index in [9.17, 15) is 4.79 Å². The predicted molar refractivity (Wildman–Crippen MR) is 74.1 cm³/mol. The van der Waals surface area contributed by atoms with Crippen LogP contribution in [0.1, 0.15) is 28.8 Å². The fourth-order valence-electron chi connectivity index (χ4n) is 2.55. The van der Waals surface area contributed by atoms with E-state index in [1.54, 1.807) is 0 Å². The van der Waals surface area contributed by atoms with Crippen molar-refractivity contribution in [2.45, 2.75) is 25.0 Å². The Kier molecular flexibility index (Phi) is 2.36. The molecule has 3 heteroatoms. The molecular weight excluding hydrogens is 252 g/mol. The number of benzene rings is 2. The number of rotatable bonds is 3. The summed E-state index contributed by atoms with van der Waals surface area (Å²) in [6, 6.07) is 15.5. The first-order chi connectivity index (χ1) is 9.77. The monoisotopic (exact) mass is 266 g/mol. The highest BCUT2D eigenvalue weighted by Crippen LogP contribution is 2.50. The van der Waals surface area contributed by atoms with Crippen LogP contribution in [0.3, 0.4) is 0 Å². The zero-order chi connectivity index (χ0) is 13.6. The van der Waals surface area contributed by atoms with Crippen molar-refractivity contribution in [1.29, 1.82) is 0 Å². The van der Waals surface area contributed by atoms with Crippen molar-refractivity contribution in [3.05, 3.63) is 59.7 Å². The molecule has 1 fully saturated rings. The SMILES string of the molecule is O=C1c2ccc(OCc3ccccc3)cc2OC12CC2. The number of fused-ring (bicyclic) bond motifs is 1. The number of Topliss-reactive ketones (excluding diaryl/α,β-unsaturated/α-hetero) is 1. The van der Waals surface area contributed by atoms with Gasteiger partial charge in [0.1, 0.15) is 18.1 Å². The number of ether oxygens (including phenoxy) is 2. The van der Waals surface area contributed by atoms with Gasteiger partial charge in [-0.2, -0.15) is 0 Å². The average molecular weight is 266 g/mol. The molecule has 20 heavy (non-hydrogen) atoms. The van der Waals surface area contributed by atoms with E-state index in [-0.39, 0.29) is 5.78 Å². The fraction of sp³-hybridized carbons (Fsp3) is 0.235. The Hall–Kier alpha value is -2.29. The van der Waals surface area contributed by atoms with Crippen molar-refractivity contribution >= 4 is 5.78 Å². The second kappa shape index (κ2) is 4.10. The van der Waals surface area contributed by atoms with Crippen molar-refractivity contribution in [2.24, 2.45) is 0 Å². The van der Waals surface area contributed by atoms with Gasteiger partial charge in [0.05, 0.1) is 5.56 Å². The first-order valence-electron chi connectivity index (χ1n) is 6.81. The summed E-state index contributed by atoms with van der Waals surface area (Å²) in [6.45, 7) is 0.513. The molecule has 0 unspecified atom stereocenters. The van der Waals surface area contributed by atoms with Crippen LogP contribution in [-0.4, -0.2) is 11.4 Å². The largest absolute Gasteiger partial charge is 0.489 e. The third kappa shape index (κ3) is 1.78. The third-order valence-corrected chi connectivity index (χ3v) is 3.87. The molecule has 2 aromatic rings. The van der Waals surface area contributed by atoms with Crippen molar-refractivity contribution in [3.63, 3.8) is 0 Å². The second-order valence-electron chi connectivity index (χ2n) is 5.36. The van der Waals surface area contributed by atoms with Crippen molar-refractivity contribution < 1.29 is 14.3 Å². The topological polar surface area (TPSA) is 35.5 Å². The minimum absolute atomic E-state index is 0.127. The van der Waals surface area contributed by atoms with Crippen LogP contribution in [0.2, 0.25) is 0 Å². The van der Waals surface area contributed by atoms with Crippen LogP contribution >= 0.6 is 0 Å². The van der Waals surface area contributed by atoms with Crippen LogP contribution in [0.15, 0.2) is 48.5 Å². The van der Waals surface area contributed by atoms with Crippen LogP contribution in [0.25, 0.3) is 0 Å². The molecule has 0 radical (unpaired) electrons. The van der Waals surface area contributed by atoms with Gasteiger partial charge >= 0.3 is 0 Å². The summed E-state index contributed by atoms with van der Waals surface area (Å²) in [5, 5.41) is 0. The van der Waals surface area contributed by atoms with Crippen LogP contribution in [0.5, 0.6) is 11.5 Å². The van der Waals surface area contributed by atoms with Gasteiger partial charge in [-0.3, -0.25) is 4.79 Å². The van der Waals surface area contributed by atoms with Gasteiger partial charge in [0.15, 0.2) is 5.60 Å². The van der Waals surface area contributed by atoms with E-state index in [1.165, 1.54) is 0 Å². The van der Waals surface area contributed by atoms with Gasteiger partial charge in [-0.1, -0.05) is 30.3 Å². The molecule has 1 heterocycles. The molecule has 1 aliphatic heterocycles. The lowest BCUT2D eigenvalue weighted by Crippen LogP contribution is -2.21. The molecule has 0 saturated heterocycles. The van der Waals surface area contributed by atoms with Gasteiger partial charge in [0.25, 0.3) is 0 Å². The molecule has 100 valence electrons. The van der Waals surface area contributed by atoms with Gasteiger partial charge in [-0.05, 0) is 30.5 Å². The molecule has 0 N–H and O–H groups in total. The van der Waals surface area contributed by atoms with Gasteiger partial charge in [-0.15, -0.1) is 0 Å². The lowest BCUT2D eigenvalue weighted by Gasteiger charge is -2.08. The Morgan fingerprint density at radius 1 is 1.10 bits per heavy atom. The fourth-order valence-corrected chi connectivity index (χ4v) is 2.55. The first-order valence-corrected chi connectivity index (χ1v) is 6.81. The lowest BCUT2D eigenvalue weighted by atomic mass is 10.1. The van der Waals surface area contributed by atoms with Crippen LogP contribution in [0, 0.1) is 0 Å². The summed E-state index contributed by atoms with van der Waals surface area (Å²) in [7, 11) is 0. The molecule has 0 bridgehead atoms. The smallest absolute Gasteiger partial charge is 0.210 e. The van der Waals surface area contributed by atoms with Gasteiger partial charge in [0.2, 0.25) is 5.78 Å². The molecule has 1 spiro atoms. The Labute approximate surface area is 117 Å². The molecule has 2 aliphatic rings. The number of hydrogen-bond donors (Lipinski definition) is 0. The van der Waals surface area contributed by atoms with Crippen molar-refractivity contribution in [3.8, 4) is 11.5 Å². The molecule has 4 rings (SSSR count). The van der Waals surface area contributed by atoms with Crippen LogP contribution < -0.4 is 9.47 Å². The summed E-state index contributed by atoms with van der Waals surface area (Å²) in [6.07, 6.45) is 1.67. The maximum atomic E-state index is 12.1. The predicted octanol–water partition coefficient (Wildman–Crippen LogP) is 3.37. The van der Waals surface area contributed by atoms with E-state index in [0.29, 0.717) is 17.9 Å². The standard InChI is InChI=1S/C17H14O3/c18-16-14-7-6-13(10-15(14)20-17(16)8-9-17)19-11-12-4-2-1-3-5-12/h1-7,10H,8-9,11H2. The highest BCUT2D eigenvalue weighted by atomic mass is 16.5. The molecule has 1 aliphatic carbocycles. The Balaban J connectivity index is 1.53. The highest BCUT2D eigenvalue weighted by molar-refractivity contribution is 6.09. The number of carbonyl (C=O) groups is 1. The summed E-state index contributed by atoms with van der Waals surface area (Å²) < 4.78 is 11.5. The van der Waals surface area contributed by atoms with E-state index in [4.69, 9.17) is 9.47 Å². The number of ketones is 1. The zero-order valence-electron chi connectivity index (χ0n) is 11.0. The Morgan fingerprint density at radius 2 is 1.90 bits per heavy atom. The molecule has 2 aromatic carbocycles. The molecule has 0 amide bonds. The lowest BCUT2D eigenvalue weighted by molar-refractivity contribution is 0.0820. The Bertz CT molecular complexity index is 672. The molecular formula is C17H14O3. The summed E-state index contributed by atoms with van der Waals surface area (Å²) >= 11 is 0. The van der Waals surface area contributed by atoms with E-state index in [0.717, 1.165) is 24.2 Å². The first kappa shape index (κ1) is 11.5. The molecule has 0 aromatic heterocycles. The van der Waals surface area contributed by atoms with Gasteiger partial charge < -0.3 is 9.47 Å². The van der Waals surface area contributed by atoms with E-state index in [2.05, 4.69) is 0 Å². The van der Waals surface area contributed by atoms with E-state index >= 15 is 0 Å².